The molecule has 1 aliphatic heterocycles. The highest BCUT2D eigenvalue weighted by molar-refractivity contribution is 6.06. The van der Waals surface area contributed by atoms with E-state index in [1.165, 1.54) is 0 Å². The molecule has 1 aliphatic carbocycles. The van der Waals surface area contributed by atoms with Gasteiger partial charge < -0.3 is 20.8 Å². The molecule has 24 heavy (non-hydrogen) atoms. The molecule has 0 amide bonds. The van der Waals surface area contributed by atoms with E-state index in [4.69, 9.17) is 15.1 Å². The average molecular weight is 322 g/mol. The number of aromatic amines is 1. The molecular weight excluding hydrogens is 304 g/mol. The lowest BCUT2D eigenvalue weighted by Gasteiger charge is -2.30. The Kier molecular flexibility index (Phi) is 2.62. The van der Waals surface area contributed by atoms with Crippen molar-refractivity contribution >= 4 is 28.2 Å². The Balaban J connectivity index is 1.51. The molecule has 0 saturated heterocycles. The van der Waals surface area contributed by atoms with Crippen molar-refractivity contribution < 1.29 is 4.42 Å². The van der Waals surface area contributed by atoms with Gasteiger partial charge in [0.1, 0.15) is 0 Å². The molecule has 1 aromatic carbocycles. The molecule has 7 nitrogen and oxygen atoms in total. The minimum absolute atomic E-state index is 0.333. The summed E-state index contributed by atoms with van der Waals surface area (Å²) >= 11 is 0. The number of anilines is 2. The van der Waals surface area contributed by atoms with E-state index in [0.717, 1.165) is 46.6 Å². The number of fused-ring (bicyclic) bond motifs is 2. The summed E-state index contributed by atoms with van der Waals surface area (Å²) in [6, 6.07) is 7.90. The number of furan rings is 1. The molecule has 1 saturated carbocycles. The number of guanidine groups is 1. The molecule has 1 fully saturated rings. The SMILES string of the molecule is Cc1[nH]nc2ccc(NC3=NC(N)(C4CC4)c4occc4N3)cc12. The van der Waals surface area contributed by atoms with Crippen LogP contribution in [0.25, 0.3) is 10.9 Å². The van der Waals surface area contributed by atoms with Crippen LogP contribution in [0.2, 0.25) is 0 Å². The number of aliphatic imine (C=N–C) groups is 1. The first-order valence-electron chi connectivity index (χ1n) is 8.09. The first-order chi connectivity index (χ1) is 11.6. The molecule has 1 unspecified atom stereocenters. The van der Waals surface area contributed by atoms with Gasteiger partial charge in [-0.15, -0.1) is 0 Å². The van der Waals surface area contributed by atoms with Gasteiger partial charge in [-0.25, -0.2) is 4.99 Å². The molecule has 3 heterocycles. The number of nitrogens with zero attached hydrogens (tertiary/aromatic N) is 2. The van der Waals surface area contributed by atoms with Gasteiger partial charge in [0.2, 0.25) is 5.96 Å². The molecule has 2 aromatic heterocycles. The normalized spacial score (nSPS) is 22.8. The topological polar surface area (TPSA) is 104 Å². The third-order valence-electron chi connectivity index (χ3n) is 4.79. The van der Waals surface area contributed by atoms with Crippen LogP contribution in [0.1, 0.15) is 24.3 Å². The zero-order valence-electron chi connectivity index (χ0n) is 13.3. The summed E-state index contributed by atoms with van der Waals surface area (Å²) in [5.74, 6) is 1.69. The quantitative estimate of drug-likeness (QED) is 0.581. The lowest BCUT2D eigenvalue weighted by Crippen LogP contribution is -2.44. The third-order valence-corrected chi connectivity index (χ3v) is 4.79. The average Bonchev–Trinajstić information content (AvgIpc) is 3.23. The van der Waals surface area contributed by atoms with Crippen molar-refractivity contribution in [3.05, 3.63) is 42.0 Å². The van der Waals surface area contributed by atoms with Crippen LogP contribution in [0.4, 0.5) is 11.4 Å². The lowest BCUT2D eigenvalue weighted by molar-refractivity contribution is 0.315. The van der Waals surface area contributed by atoms with Gasteiger partial charge in [0.15, 0.2) is 11.4 Å². The van der Waals surface area contributed by atoms with Gasteiger partial charge >= 0.3 is 0 Å². The third kappa shape index (κ3) is 1.94. The van der Waals surface area contributed by atoms with E-state index in [0.29, 0.717) is 11.9 Å². The zero-order chi connectivity index (χ0) is 16.3. The van der Waals surface area contributed by atoms with Gasteiger partial charge in [-0.3, -0.25) is 5.10 Å². The van der Waals surface area contributed by atoms with Gasteiger partial charge in [-0.1, -0.05) is 0 Å². The van der Waals surface area contributed by atoms with Crippen molar-refractivity contribution in [2.45, 2.75) is 25.4 Å². The highest BCUT2D eigenvalue weighted by Gasteiger charge is 2.49. The number of nitrogens with one attached hydrogen (secondary N) is 3. The molecule has 1 atom stereocenters. The molecule has 122 valence electrons. The number of nitrogens with two attached hydrogens (primary N) is 1. The summed E-state index contributed by atoms with van der Waals surface area (Å²) < 4.78 is 5.60. The number of hydrogen-bond donors (Lipinski definition) is 4. The van der Waals surface area contributed by atoms with Gasteiger partial charge in [0.25, 0.3) is 0 Å². The molecule has 7 heteroatoms. The molecular formula is C17H18N6O. The molecule has 5 N–H and O–H groups in total. The van der Waals surface area contributed by atoms with E-state index in [1.807, 2.05) is 25.1 Å². The Morgan fingerprint density at radius 3 is 3.04 bits per heavy atom. The van der Waals surface area contributed by atoms with Crippen LogP contribution in [0.3, 0.4) is 0 Å². The molecule has 0 bridgehead atoms. The van der Waals surface area contributed by atoms with Crippen LogP contribution in [0.15, 0.2) is 39.9 Å². The Bertz CT molecular complexity index is 967. The van der Waals surface area contributed by atoms with Crippen LogP contribution in [-0.2, 0) is 5.66 Å². The smallest absolute Gasteiger partial charge is 0.202 e. The maximum atomic E-state index is 6.59. The van der Waals surface area contributed by atoms with Crippen LogP contribution in [0, 0.1) is 12.8 Å². The minimum atomic E-state index is -0.790. The standard InChI is InChI=1S/C17H18N6O/c1-9-12-8-11(4-5-13(12)23-22-9)19-16-20-14-6-7-24-15(14)17(18,21-16)10-2-3-10/h4-8,10H,2-3,18H2,1H3,(H,22,23)(H2,19,20,21). The number of aryl methyl sites for hydroxylation is 1. The molecule has 5 rings (SSSR count). The van der Waals surface area contributed by atoms with Crippen molar-refractivity contribution in [2.75, 3.05) is 10.6 Å². The summed E-state index contributed by atoms with van der Waals surface area (Å²) in [7, 11) is 0. The van der Waals surface area contributed by atoms with E-state index in [1.54, 1.807) is 6.26 Å². The number of benzene rings is 1. The van der Waals surface area contributed by atoms with Crippen LogP contribution in [-0.4, -0.2) is 16.2 Å². The monoisotopic (exact) mass is 322 g/mol. The fourth-order valence-electron chi connectivity index (χ4n) is 3.32. The predicted octanol–water partition coefficient (Wildman–Crippen LogP) is 2.88. The van der Waals surface area contributed by atoms with Crippen molar-refractivity contribution in [1.29, 1.82) is 0 Å². The lowest BCUT2D eigenvalue weighted by atomic mass is 10.0. The maximum Gasteiger partial charge on any atom is 0.202 e. The molecule has 0 radical (unpaired) electrons. The number of hydrogen-bond acceptors (Lipinski definition) is 6. The predicted molar refractivity (Wildman–Crippen MR) is 92.8 cm³/mol. The van der Waals surface area contributed by atoms with E-state index in [2.05, 4.69) is 26.9 Å². The van der Waals surface area contributed by atoms with Gasteiger partial charge in [-0.2, -0.15) is 5.10 Å². The Labute approximate surface area is 138 Å². The Morgan fingerprint density at radius 2 is 2.21 bits per heavy atom. The van der Waals surface area contributed by atoms with Gasteiger partial charge in [-0.05, 0) is 38.0 Å². The number of H-pyrrole nitrogens is 1. The summed E-state index contributed by atoms with van der Waals surface area (Å²) in [6.07, 6.45) is 3.81. The number of rotatable bonds is 2. The van der Waals surface area contributed by atoms with Crippen molar-refractivity contribution in [2.24, 2.45) is 16.6 Å². The minimum Gasteiger partial charge on any atom is -0.463 e. The van der Waals surface area contributed by atoms with E-state index < -0.39 is 5.66 Å². The second kappa shape index (κ2) is 4.61. The van der Waals surface area contributed by atoms with Gasteiger partial charge in [0.05, 0.1) is 17.5 Å². The van der Waals surface area contributed by atoms with E-state index in [9.17, 15) is 0 Å². The first kappa shape index (κ1) is 13.6. The van der Waals surface area contributed by atoms with Crippen molar-refractivity contribution in [3.63, 3.8) is 0 Å². The van der Waals surface area contributed by atoms with Crippen molar-refractivity contribution in [3.8, 4) is 0 Å². The largest absolute Gasteiger partial charge is 0.463 e. The van der Waals surface area contributed by atoms with E-state index >= 15 is 0 Å². The van der Waals surface area contributed by atoms with Crippen molar-refractivity contribution in [1.82, 2.24) is 10.2 Å². The summed E-state index contributed by atoms with van der Waals surface area (Å²) in [5.41, 5.74) is 9.59. The zero-order valence-corrected chi connectivity index (χ0v) is 13.3. The molecule has 3 aromatic rings. The number of aromatic nitrogens is 2. The summed E-state index contributed by atoms with van der Waals surface area (Å²) in [6.45, 7) is 2.01. The highest BCUT2D eigenvalue weighted by Crippen LogP contribution is 2.48. The molecule has 2 aliphatic rings. The second-order valence-electron chi connectivity index (χ2n) is 6.55. The summed E-state index contributed by atoms with van der Waals surface area (Å²) in [4.78, 5) is 4.73. The van der Waals surface area contributed by atoms with Crippen LogP contribution in [0.5, 0.6) is 0 Å². The van der Waals surface area contributed by atoms with Crippen LogP contribution >= 0.6 is 0 Å². The fourth-order valence-corrected chi connectivity index (χ4v) is 3.32. The van der Waals surface area contributed by atoms with Gasteiger partial charge in [0, 0.05) is 28.8 Å². The Hall–Kier alpha value is -2.80. The molecule has 0 spiro atoms. The second-order valence-corrected chi connectivity index (χ2v) is 6.55. The van der Waals surface area contributed by atoms with E-state index in [-0.39, 0.29) is 0 Å². The first-order valence-corrected chi connectivity index (χ1v) is 8.09. The summed E-state index contributed by atoms with van der Waals surface area (Å²) in [5, 5.41) is 14.9. The maximum absolute atomic E-state index is 6.59. The highest BCUT2D eigenvalue weighted by atomic mass is 16.3. The Morgan fingerprint density at radius 1 is 1.33 bits per heavy atom. The fraction of sp³-hybridized carbons (Fsp3) is 0.294. The van der Waals surface area contributed by atoms with Crippen LogP contribution < -0.4 is 16.4 Å².